The molecule has 2 rings (SSSR count). The predicted octanol–water partition coefficient (Wildman–Crippen LogP) is 3.46. The molecule has 0 amide bonds. The van der Waals surface area contributed by atoms with E-state index in [-0.39, 0.29) is 17.5 Å². The lowest BCUT2D eigenvalue weighted by molar-refractivity contribution is 0.372. The number of hydrogen-bond donors (Lipinski definition) is 1. The first-order valence-corrected chi connectivity index (χ1v) is 8.00. The van der Waals surface area contributed by atoms with Gasteiger partial charge in [0, 0.05) is 12.3 Å². The van der Waals surface area contributed by atoms with Crippen LogP contribution in [0.3, 0.4) is 0 Å². The van der Waals surface area contributed by atoms with Crippen LogP contribution in [0.2, 0.25) is 0 Å². The second-order valence-corrected chi connectivity index (χ2v) is 5.74. The Hall–Kier alpha value is -3.07. The molecule has 1 unspecified atom stereocenters. The van der Waals surface area contributed by atoms with Gasteiger partial charge in [0.05, 0.1) is 18.4 Å². The van der Waals surface area contributed by atoms with Crippen molar-refractivity contribution in [3.63, 3.8) is 0 Å². The number of ether oxygens (including phenoxy) is 1. The molecule has 25 heavy (non-hydrogen) atoms. The average Bonchev–Trinajstić information content (AvgIpc) is 2.62. The van der Waals surface area contributed by atoms with E-state index in [1.165, 1.54) is 10.8 Å². The van der Waals surface area contributed by atoms with Crippen LogP contribution in [0.4, 0.5) is 5.69 Å². The quantitative estimate of drug-likeness (QED) is 0.845. The van der Waals surface area contributed by atoms with Gasteiger partial charge in [0.1, 0.15) is 17.4 Å². The summed E-state index contributed by atoms with van der Waals surface area (Å²) in [6, 6.07) is 8.82. The third kappa shape index (κ3) is 3.56. The summed E-state index contributed by atoms with van der Waals surface area (Å²) < 4.78 is 6.35. The molecule has 0 radical (unpaired) electrons. The number of nitriles is 1. The molecule has 6 nitrogen and oxygen atoms in total. The number of benzene rings is 1. The first-order valence-electron chi connectivity index (χ1n) is 8.00. The van der Waals surface area contributed by atoms with Crippen LogP contribution in [-0.2, 0) is 0 Å². The van der Waals surface area contributed by atoms with Gasteiger partial charge in [-0.2, -0.15) is 5.26 Å². The fourth-order valence-corrected chi connectivity index (χ4v) is 2.49. The number of methoxy groups -OCH3 is 1. The molecule has 0 fully saturated rings. The van der Waals surface area contributed by atoms with Gasteiger partial charge in [0.25, 0.3) is 5.56 Å². The highest BCUT2D eigenvalue weighted by Gasteiger charge is 2.20. The molecule has 0 aliphatic carbocycles. The molecular weight excluding hydrogens is 318 g/mol. The van der Waals surface area contributed by atoms with E-state index in [4.69, 9.17) is 4.74 Å². The van der Waals surface area contributed by atoms with E-state index in [0.29, 0.717) is 23.2 Å². The van der Waals surface area contributed by atoms with Crippen molar-refractivity contribution < 1.29 is 9.84 Å². The van der Waals surface area contributed by atoms with Crippen molar-refractivity contribution in [1.29, 1.82) is 5.26 Å². The van der Waals surface area contributed by atoms with Crippen LogP contribution in [0, 0.1) is 18.3 Å². The van der Waals surface area contributed by atoms with Crippen LogP contribution in [0.5, 0.6) is 11.6 Å². The second kappa shape index (κ2) is 7.67. The zero-order valence-corrected chi connectivity index (χ0v) is 14.8. The van der Waals surface area contributed by atoms with Gasteiger partial charge in [0.15, 0.2) is 0 Å². The summed E-state index contributed by atoms with van der Waals surface area (Å²) in [7, 11) is 1.58. The van der Waals surface area contributed by atoms with Crippen LogP contribution in [-0.4, -0.2) is 23.0 Å². The normalized spacial score (nSPS) is 12.1. The maximum Gasteiger partial charge on any atom is 0.271 e. The number of aromatic hydroxyl groups is 1. The van der Waals surface area contributed by atoms with Gasteiger partial charge in [-0.25, -0.2) is 0 Å². The Morgan fingerprint density at radius 2 is 2.04 bits per heavy atom. The largest absolute Gasteiger partial charge is 0.497 e. The summed E-state index contributed by atoms with van der Waals surface area (Å²) >= 11 is 0. The lowest BCUT2D eigenvalue weighted by Gasteiger charge is -2.18. The van der Waals surface area contributed by atoms with E-state index in [1.807, 2.05) is 19.9 Å². The maximum absolute atomic E-state index is 12.5. The third-order valence-corrected chi connectivity index (χ3v) is 4.24. The zero-order valence-electron chi connectivity index (χ0n) is 14.8. The summed E-state index contributed by atoms with van der Waals surface area (Å²) in [6.07, 6.45) is 2.13. The zero-order chi connectivity index (χ0) is 18.6. The van der Waals surface area contributed by atoms with Crippen molar-refractivity contribution in [2.45, 2.75) is 33.2 Å². The van der Waals surface area contributed by atoms with Crippen molar-refractivity contribution in [3.8, 4) is 17.7 Å². The molecule has 0 bridgehead atoms. The number of aliphatic imine (C=N–C) groups is 1. The van der Waals surface area contributed by atoms with Crippen LogP contribution in [0.1, 0.15) is 43.0 Å². The smallest absolute Gasteiger partial charge is 0.271 e. The minimum atomic E-state index is -0.478. The van der Waals surface area contributed by atoms with Crippen molar-refractivity contribution in [3.05, 3.63) is 51.3 Å². The van der Waals surface area contributed by atoms with Crippen molar-refractivity contribution in [2.75, 3.05) is 7.11 Å². The highest BCUT2D eigenvalue weighted by molar-refractivity contribution is 5.87. The number of rotatable bonds is 5. The van der Waals surface area contributed by atoms with Crippen molar-refractivity contribution >= 4 is 11.9 Å². The summed E-state index contributed by atoms with van der Waals surface area (Å²) in [4.78, 5) is 16.8. The average molecular weight is 339 g/mol. The van der Waals surface area contributed by atoms with Crippen LogP contribution in [0.15, 0.2) is 34.1 Å². The van der Waals surface area contributed by atoms with Crippen molar-refractivity contribution in [1.82, 2.24) is 4.57 Å². The number of aromatic nitrogens is 1. The van der Waals surface area contributed by atoms with Gasteiger partial charge in [-0.3, -0.25) is 14.4 Å². The van der Waals surface area contributed by atoms with E-state index >= 15 is 0 Å². The topological polar surface area (TPSA) is 87.6 Å². The molecular formula is C19H21N3O3. The summed E-state index contributed by atoms with van der Waals surface area (Å²) in [6.45, 7) is 5.37. The van der Waals surface area contributed by atoms with Gasteiger partial charge in [0.2, 0.25) is 5.88 Å². The molecule has 0 aliphatic rings. The molecule has 2 aromatic rings. The Balaban J connectivity index is 2.58. The van der Waals surface area contributed by atoms with Gasteiger partial charge in [-0.05, 0) is 50.1 Å². The maximum atomic E-state index is 12.5. The van der Waals surface area contributed by atoms with Crippen LogP contribution < -0.4 is 10.3 Å². The van der Waals surface area contributed by atoms with E-state index in [0.717, 1.165) is 5.75 Å². The Morgan fingerprint density at radius 1 is 1.40 bits per heavy atom. The fraction of sp³-hybridized carbons (Fsp3) is 0.316. The molecule has 0 saturated carbocycles. The first kappa shape index (κ1) is 18.3. The van der Waals surface area contributed by atoms with E-state index in [1.54, 1.807) is 38.3 Å². The van der Waals surface area contributed by atoms with Gasteiger partial charge in [-0.1, -0.05) is 6.92 Å². The number of pyridine rings is 1. The minimum Gasteiger partial charge on any atom is -0.497 e. The second-order valence-electron chi connectivity index (χ2n) is 5.74. The molecule has 1 aromatic carbocycles. The summed E-state index contributed by atoms with van der Waals surface area (Å²) in [5.74, 6) is 0.545. The van der Waals surface area contributed by atoms with Gasteiger partial charge >= 0.3 is 0 Å². The number of nitrogens with zero attached hydrogens (tertiary/aromatic N) is 3. The summed E-state index contributed by atoms with van der Waals surface area (Å²) in [5, 5.41) is 19.9. The monoisotopic (exact) mass is 339 g/mol. The summed E-state index contributed by atoms with van der Waals surface area (Å²) in [5.41, 5.74) is 0.996. The highest BCUT2D eigenvalue weighted by atomic mass is 16.5. The Labute approximate surface area is 146 Å². The molecule has 6 heteroatoms. The molecule has 130 valence electrons. The minimum absolute atomic E-state index is 0.0225. The van der Waals surface area contributed by atoms with Crippen LogP contribution in [0.25, 0.3) is 0 Å². The van der Waals surface area contributed by atoms with Crippen LogP contribution >= 0.6 is 0 Å². The van der Waals surface area contributed by atoms with E-state index < -0.39 is 5.56 Å². The molecule has 0 spiro atoms. The molecule has 0 saturated heterocycles. The van der Waals surface area contributed by atoms with E-state index in [9.17, 15) is 15.2 Å². The Bertz CT molecular complexity index is 890. The standard InChI is InChI=1S/C19H21N3O3/c1-5-12(2)22-18(23)16(10-20)13(3)17(19(22)24)11-21-14-6-8-15(25-4)9-7-14/h6-9,11-12,24H,5H2,1-4H3. The lowest BCUT2D eigenvalue weighted by Crippen LogP contribution is -2.27. The molecule has 0 aliphatic heterocycles. The molecule has 1 heterocycles. The number of hydrogen-bond acceptors (Lipinski definition) is 5. The van der Waals surface area contributed by atoms with Gasteiger partial charge in [-0.15, -0.1) is 0 Å². The molecule has 1 atom stereocenters. The fourth-order valence-electron chi connectivity index (χ4n) is 2.49. The Morgan fingerprint density at radius 3 is 2.56 bits per heavy atom. The van der Waals surface area contributed by atoms with Gasteiger partial charge < -0.3 is 9.84 Å². The molecule has 1 aromatic heterocycles. The lowest BCUT2D eigenvalue weighted by atomic mass is 10.0. The predicted molar refractivity (Wildman–Crippen MR) is 97.1 cm³/mol. The third-order valence-electron chi connectivity index (χ3n) is 4.24. The Kier molecular flexibility index (Phi) is 5.60. The van der Waals surface area contributed by atoms with E-state index in [2.05, 4.69) is 4.99 Å². The molecule has 1 N–H and O–H groups in total. The highest BCUT2D eigenvalue weighted by Crippen LogP contribution is 2.25. The SMILES string of the molecule is CCC(C)n1c(O)c(C=Nc2ccc(OC)cc2)c(C)c(C#N)c1=O. The van der Waals surface area contributed by atoms with Crippen molar-refractivity contribution in [2.24, 2.45) is 4.99 Å². The first-order chi connectivity index (χ1) is 11.9.